The Labute approximate surface area is 164 Å². The Morgan fingerprint density at radius 2 is 2.00 bits per heavy atom. The quantitative estimate of drug-likeness (QED) is 0.499. The average molecular weight is 400 g/mol. The molecular weight excluding hydrogens is 380 g/mol. The molecule has 0 saturated carbocycles. The molecule has 8 heteroatoms. The molecule has 0 saturated heterocycles. The van der Waals surface area contributed by atoms with Crippen LogP contribution in [0.2, 0.25) is 0 Å². The summed E-state index contributed by atoms with van der Waals surface area (Å²) in [6.45, 7) is 5.05. The van der Waals surface area contributed by atoms with E-state index in [0.29, 0.717) is 11.4 Å². The summed E-state index contributed by atoms with van der Waals surface area (Å²) in [7, 11) is -2.58. The zero-order chi connectivity index (χ0) is 20.7. The van der Waals surface area contributed by atoms with E-state index in [1.165, 1.54) is 44.4 Å². The predicted molar refractivity (Wildman–Crippen MR) is 105 cm³/mol. The molecule has 7 nitrogen and oxygen atoms in total. The van der Waals surface area contributed by atoms with Gasteiger partial charge in [-0.3, -0.25) is 4.31 Å². The molecule has 2 aromatic rings. The van der Waals surface area contributed by atoms with Crippen LogP contribution in [0.15, 0.2) is 66.1 Å². The van der Waals surface area contributed by atoms with Gasteiger partial charge < -0.3 is 9.47 Å². The predicted octanol–water partition coefficient (Wildman–Crippen LogP) is 3.15. The molecule has 0 bridgehead atoms. The minimum atomic E-state index is -4.03. The van der Waals surface area contributed by atoms with E-state index in [1.54, 1.807) is 30.3 Å². The number of benzene rings is 2. The monoisotopic (exact) mass is 400 g/mol. The number of carbonyl (C=O) groups excluding carboxylic acids is 1. The van der Waals surface area contributed by atoms with E-state index < -0.39 is 22.1 Å². The molecule has 146 valence electrons. The Hall–Kier alpha value is -3.31. The molecule has 0 fully saturated rings. The highest BCUT2D eigenvalue weighted by atomic mass is 32.2. The summed E-state index contributed by atoms with van der Waals surface area (Å²) < 4.78 is 37.9. The van der Waals surface area contributed by atoms with Crippen LogP contribution in [0.25, 0.3) is 0 Å². The van der Waals surface area contributed by atoms with Crippen LogP contribution in [0, 0.1) is 11.3 Å². The smallest absolute Gasteiger partial charge is 0.339 e. The van der Waals surface area contributed by atoms with Gasteiger partial charge in [0.15, 0.2) is 6.10 Å². The van der Waals surface area contributed by atoms with Gasteiger partial charge in [-0.05, 0) is 37.3 Å². The Bertz CT molecular complexity index is 1010. The molecule has 0 aliphatic rings. The number of hydrogen-bond acceptors (Lipinski definition) is 6. The molecule has 1 atom stereocenters. The van der Waals surface area contributed by atoms with Crippen molar-refractivity contribution in [3.8, 4) is 11.8 Å². The Kier molecular flexibility index (Phi) is 6.79. The van der Waals surface area contributed by atoms with Crippen molar-refractivity contribution in [2.75, 3.05) is 18.0 Å². The fraction of sp³-hybridized carbons (Fsp3) is 0.200. The van der Waals surface area contributed by atoms with Crippen molar-refractivity contribution in [2.45, 2.75) is 17.9 Å². The standard InChI is InChI=1S/C20H20N2O5S/c1-4-12-22(18-10-5-6-11-19(18)26-3)28(24,25)17-9-7-8-16(13-17)20(23)27-15(2)14-21/h4-11,13,15H,1,12H2,2-3H3/t15-/m0/s1. The summed E-state index contributed by atoms with van der Waals surface area (Å²) in [6.07, 6.45) is 0.509. The molecule has 0 aliphatic carbocycles. The van der Waals surface area contributed by atoms with Gasteiger partial charge >= 0.3 is 5.97 Å². The van der Waals surface area contributed by atoms with Gasteiger partial charge in [-0.2, -0.15) is 5.26 Å². The van der Waals surface area contributed by atoms with Crippen LogP contribution in [0.3, 0.4) is 0 Å². The molecular formula is C20H20N2O5S. The lowest BCUT2D eigenvalue weighted by atomic mass is 10.2. The summed E-state index contributed by atoms with van der Waals surface area (Å²) in [6, 6.07) is 13.9. The topological polar surface area (TPSA) is 96.7 Å². The van der Waals surface area contributed by atoms with Gasteiger partial charge in [0, 0.05) is 0 Å². The highest BCUT2D eigenvalue weighted by molar-refractivity contribution is 7.92. The van der Waals surface area contributed by atoms with Crippen LogP contribution in [-0.2, 0) is 14.8 Å². The molecule has 0 radical (unpaired) electrons. The van der Waals surface area contributed by atoms with Gasteiger partial charge in [-0.1, -0.05) is 24.3 Å². The lowest BCUT2D eigenvalue weighted by Gasteiger charge is -2.25. The van der Waals surface area contributed by atoms with E-state index in [1.807, 2.05) is 0 Å². The number of methoxy groups -OCH3 is 1. The zero-order valence-corrected chi connectivity index (χ0v) is 16.3. The summed E-state index contributed by atoms with van der Waals surface area (Å²) >= 11 is 0. The molecule has 28 heavy (non-hydrogen) atoms. The second-order valence-electron chi connectivity index (χ2n) is 5.70. The van der Waals surface area contributed by atoms with E-state index in [9.17, 15) is 13.2 Å². The third kappa shape index (κ3) is 4.50. The van der Waals surface area contributed by atoms with Gasteiger partial charge in [0.05, 0.1) is 29.8 Å². The van der Waals surface area contributed by atoms with Crippen LogP contribution >= 0.6 is 0 Å². The lowest BCUT2D eigenvalue weighted by molar-refractivity contribution is 0.0435. The van der Waals surface area contributed by atoms with Crippen molar-refractivity contribution in [2.24, 2.45) is 0 Å². The van der Waals surface area contributed by atoms with Gasteiger partial charge in [-0.25, -0.2) is 13.2 Å². The second kappa shape index (κ2) is 9.06. The van der Waals surface area contributed by atoms with E-state index in [0.717, 1.165) is 4.31 Å². The fourth-order valence-corrected chi connectivity index (χ4v) is 3.94. The summed E-state index contributed by atoms with van der Waals surface area (Å²) in [5.41, 5.74) is 0.373. The number of anilines is 1. The van der Waals surface area contributed by atoms with E-state index >= 15 is 0 Å². The van der Waals surface area contributed by atoms with Crippen molar-refractivity contribution in [1.29, 1.82) is 5.26 Å². The zero-order valence-electron chi connectivity index (χ0n) is 15.5. The number of rotatable bonds is 8. The minimum Gasteiger partial charge on any atom is -0.495 e. The van der Waals surface area contributed by atoms with Crippen molar-refractivity contribution in [3.05, 3.63) is 66.7 Å². The van der Waals surface area contributed by atoms with Gasteiger partial charge in [0.2, 0.25) is 0 Å². The number of sulfonamides is 1. The number of para-hydroxylation sites is 2. The normalized spacial score (nSPS) is 11.8. The molecule has 0 aromatic heterocycles. The van der Waals surface area contributed by atoms with Crippen molar-refractivity contribution in [1.82, 2.24) is 0 Å². The largest absolute Gasteiger partial charge is 0.495 e. The third-order valence-electron chi connectivity index (χ3n) is 3.77. The van der Waals surface area contributed by atoms with E-state index in [4.69, 9.17) is 14.7 Å². The third-order valence-corrected chi connectivity index (χ3v) is 5.55. The summed E-state index contributed by atoms with van der Waals surface area (Å²) in [4.78, 5) is 12.0. The number of esters is 1. The molecule has 2 rings (SSSR count). The number of hydrogen-bond donors (Lipinski definition) is 0. The highest BCUT2D eigenvalue weighted by Crippen LogP contribution is 2.32. The molecule has 0 amide bonds. The molecule has 0 heterocycles. The number of ether oxygens (including phenoxy) is 2. The van der Waals surface area contributed by atoms with Crippen LogP contribution in [0.1, 0.15) is 17.3 Å². The first-order valence-electron chi connectivity index (χ1n) is 8.32. The SMILES string of the molecule is C=CCN(c1ccccc1OC)S(=O)(=O)c1cccc(C(=O)O[C@@H](C)C#N)c1. The first-order chi connectivity index (χ1) is 13.3. The van der Waals surface area contributed by atoms with Crippen LogP contribution in [0.5, 0.6) is 5.75 Å². The van der Waals surface area contributed by atoms with Gasteiger partial charge in [-0.15, -0.1) is 6.58 Å². The molecule has 0 unspecified atom stereocenters. The molecule has 0 N–H and O–H groups in total. The van der Waals surface area contributed by atoms with E-state index in [2.05, 4.69) is 6.58 Å². The van der Waals surface area contributed by atoms with Crippen molar-refractivity contribution < 1.29 is 22.7 Å². The maximum absolute atomic E-state index is 13.3. The minimum absolute atomic E-state index is 0.00282. The lowest BCUT2D eigenvalue weighted by Crippen LogP contribution is -2.31. The highest BCUT2D eigenvalue weighted by Gasteiger charge is 2.27. The van der Waals surface area contributed by atoms with E-state index in [-0.39, 0.29) is 17.0 Å². The van der Waals surface area contributed by atoms with Crippen LogP contribution in [0.4, 0.5) is 5.69 Å². The first kappa shape index (κ1) is 21.0. The van der Waals surface area contributed by atoms with Crippen molar-refractivity contribution in [3.63, 3.8) is 0 Å². The Morgan fingerprint density at radius 1 is 1.29 bits per heavy atom. The van der Waals surface area contributed by atoms with Gasteiger partial charge in [0.1, 0.15) is 11.8 Å². The van der Waals surface area contributed by atoms with Gasteiger partial charge in [0.25, 0.3) is 10.0 Å². The molecule has 0 spiro atoms. The number of nitrogens with zero attached hydrogens (tertiary/aromatic N) is 2. The Morgan fingerprint density at radius 3 is 2.64 bits per heavy atom. The second-order valence-corrected chi connectivity index (χ2v) is 7.56. The maximum Gasteiger partial charge on any atom is 0.339 e. The molecule has 0 aliphatic heterocycles. The fourth-order valence-electron chi connectivity index (χ4n) is 2.44. The first-order valence-corrected chi connectivity index (χ1v) is 9.76. The Balaban J connectivity index is 2.49. The van der Waals surface area contributed by atoms with Crippen LogP contribution in [-0.4, -0.2) is 34.1 Å². The average Bonchev–Trinajstić information content (AvgIpc) is 2.71. The number of carbonyl (C=O) groups is 1. The molecule has 2 aromatic carbocycles. The van der Waals surface area contributed by atoms with Crippen molar-refractivity contribution >= 4 is 21.7 Å². The van der Waals surface area contributed by atoms with Crippen LogP contribution < -0.4 is 9.04 Å². The summed E-state index contributed by atoms with van der Waals surface area (Å²) in [5.74, 6) is -0.398. The maximum atomic E-state index is 13.3. The number of nitriles is 1. The summed E-state index contributed by atoms with van der Waals surface area (Å²) in [5, 5.41) is 8.77.